The summed E-state index contributed by atoms with van der Waals surface area (Å²) in [6.07, 6.45) is 0. The molecule has 26 heavy (non-hydrogen) atoms. The van der Waals surface area contributed by atoms with Crippen LogP contribution in [-0.4, -0.2) is 30.6 Å². The van der Waals surface area contributed by atoms with Crippen LogP contribution in [0.5, 0.6) is 5.75 Å². The number of hydrogen-bond donors (Lipinski definition) is 1. The fourth-order valence-electron chi connectivity index (χ4n) is 2.56. The van der Waals surface area contributed by atoms with Crippen LogP contribution in [0.1, 0.15) is 16.1 Å². The standard InChI is InChI=1S/C20H18N2O4/c1-13-10-18(22-19(23)12-26-15-6-4-3-5-7-15)16-11-14(20(24)25-2)8-9-17(16)21-13/h3-11H,12H2,1-2H3,(H,21,22,23). The lowest BCUT2D eigenvalue weighted by Crippen LogP contribution is -2.20. The topological polar surface area (TPSA) is 77.5 Å². The first-order valence-electron chi connectivity index (χ1n) is 8.04. The molecule has 1 heterocycles. The fourth-order valence-corrected chi connectivity index (χ4v) is 2.56. The third-order valence-electron chi connectivity index (χ3n) is 3.75. The molecular formula is C20H18N2O4. The second kappa shape index (κ2) is 7.65. The predicted octanol–water partition coefficient (Wildman–Crippen LogP) is 3.35. The molecule has 0 unspecified atom stereocenters. The van der Waals surface area contributed by atoms with Gasteiger partial charge in [0.15, 0.2) is 6.61 Å². The number of nitrogens with one attached hydrogen (secondary N) is 1. The van der Waals surface area contributed by atoms with Gasteiger partial charge in [-0.1, -0.05) is 18.2 Å². The summed E-state index contributed by atoms with van der Waals surface area (Å²) < 4.78 is 10.2. The van der Waals surface area contributed by atoms with Crippen molar-refractivity contribution in [3.8, 4) is 5.75 Å². The van der Waals surface area contributed by atoms with Crippen molar-refractivity contribution >= 4 is 28.5 Å². The van der Waals surface area contributed by atoms with Crippen molar-refractivity contribution in [1.29, 1.82) is 0 Å². The number of pyridine rings is 1. The van der Waals surface area contributed by atoms with Crippen LogP contribution in [0.2, 0.25) is 0 Å². The number of fused-ring (bicyclic) bond motifs is 1. The highest BCUT2D eigenvalue weighted by molar-refractivity contribution is 6.04. The van der Waals surface area contributed by atoms with Crippen LogP contribution in [0.25, 0.3) is 10.9 Å². The van der Waals surface area contributed by atoms with Crippen LogP contribution in [-0.2, 0) is 9.53 Å². The third-order valence-corrected chi connectivity index (χ3v) is 3.75. The normalized spacial score (nSPS) is 10.4. The molecule has 2 aromatic carbocycles. The molecule has 0 aliphatic rings. The Morgan fingerprint density at radius 3 is 2.58 bits per heavy atom. The maximum absolute atomic E-state index is 12.3. The molecule has 0 saturated carbocycles. The van der Waals surface area contributed by atoms with Crippen molar-refractivity contribution in [2.45, 2.75) is 6.92 Å². The van der Waals surface area contributed by atoms with Gasteiger partial charge in [0.2, 0.25) is 0 Å². The molecule has 0 bridgehead atoms. The summed E-state index contributed by atoms with van der Waals surface area (Å²) >= 11 is 0. The summed E-state index contributed by atoms with van der Waals surface area (Å²) in [5, 5.41) is 3.48. The third kappa shape index (κ3) is 3.97. The summed E-state index contributed by atoms with van der Waals surface area (Å²) in [6, 6.07) is 15.9. The zero-order valence-electron chi connectivity index (χ0n) is 14.5. The zero-order valence-corrected chi connectivity index (χ0v) is 14.5. The Morgan fingerprint density at radius 2 is 1.85 bits per heavy atom. The molecule has 0 spiro atoms. The van der Waals surface area contributed by atoms with Gasteiger partial charge in [-0.25, -0.2) is 4.79 Å². The lowest BCUT2D eigenvalue weighted by Gasteiger charge is -2.11. The first kappa shape index (κ1) is 17.4. The molecular weight excluding hydrogens is 332 g/mol. The average molecular weight is 350 g/mol. The number of amides is 1. The molecule has 0 atom stereocenters. The average Bonchev–Trinajstić information content (AvgIpc) is 2.66. The smallest absolute Gasteiger partial charge is 0.337 e. The Labute approximate surface area is 150 Å². The first-order valence-corrected chi connectivity index (χ1v) is 8.04. The van der Waals surface area contributed by atoms with Gasteiger partial charge < -0.3 is 14.8 Å². The fraction of sp³-hybridized carbons (Fsp3) is 0.150. The van der Waals surface area contributed by atoms with Gasteiger partial charge in [-0.15, -0.1) is 0 Å². The second-order valence-electron chi connectivity index (χ2n) is 5.68. The van der Waals surface area contributed by atoms with Gasteiger partial charge in [-0.2, -0.15) is 0 Å². The zero-order chi connectivity index (χ0) is 18.5. The van der Waals surface area contributed by atoms with E-state index in [-0.39, 0.29) is 12.5 Å². The molecule has 0 saturated heterocycles. The lowest BCUT2D eigenvalue weighted by atomic mass is 10.1. The molecule has 1 aromatic heterocycles. The molecule has 0 radical (unpaired) electrons. The molecule has 0 aliphatic carbocycles. The summed E-state index contributed by atoms with van der Waals surface area (Å²) in [7, 11) is 1.32. The highest BCUT2D eigenvalue weighted by Gasteiger charge is 2.12. The van der Waals surface area contributed by atoms with E-state index in [4.69, 9.17) is 9.47 Å². The van der Waals surface area contributed by atoms with E-state index in [9.17, 15) is 9.59 Å². The molecule has 6 heteroatoms. The number of aryl methyl sites for hydroxylation is 1. The number of esters is 1. The minimum atomic E-state index is -0.447. The number of anilines is 1. The van der Waals surface area contributed by atoms with Crippen molar-refractivity contribution in [2.75, 3.05) is 19.0 Å². The summed E-state index contributed by atoms with van der Waals surface area (Å²) in [4.78, 5) is 28.5. The van der Waals surface area contributed by atoms with Gasteiger partial charge >= 0.3 is 5.97 Å². The number of para-hydroxylation sites is 1. The number of methoxy groups -OCH3 is 1. The number of ether oxygens (including phenoxy) is 2. The molecule has 3 rings (SSSR count). The maximum Gasteiger partial charge on any atom is 0.337 e. The summed E-state index contributed by atoms with van der Waals surface area (Å²) in [6.45, 7) is 1.72. The number of nitrogens with zero attached hydrogens (tertiary/aromatic N) is 1. The summed E-state index contributed by atoms with van der Waals surface area (Å²) in [5.74, 6) is -0.132. The van der Waals surface area contributed by atoms with Gasteiger partial charge in [0.1, 0.15) is 5.75 Å². The van der Waals surface area contributed by atoms with Crippen LogP contribution in [0, 0.1) is 6.92 Å². The van der Waals surface area contributed by atoms with E-state index in [2.05, 4.69) is 10.3 Å². The monoisotopic (exact) mass is 350 g/mol. The van der Waals surface area contributed by atoms with E-state index in [1.54, 1.807) is 36.4 Å². The van der Waals surface area contributed by atoms with Gasteiger partial charge in [0, 0.05) is 11.1 Å². The first-order chi connectivity index (χ1) is 12.6. The van der Waals surface area contributed by atoms with Gasteiger partial charge in [-0.3, -0.25) is 9.78 Å². The summed E-state index contributed by atoms with van der Waals surface area (Å²) in [5.41, 5.74) is 2.39. The Morgan fingerprint density at radius 1 is 1.08 bits per heavy atom. The minimum absolute atomic E-state index is 0.121. The van der Waals surface area contributed by atoms with Crippen LogP contribution >= 0.6 is 0 Å². The largest absolute Gasteiger partial charge is 0.484 e. The number of carbonyl (C=O) groups excluding carboxylic acids is 2. The minimum Gasteiger partial charge on any atom is -0.484 e. The van der Waals surface area contributed by atoms with Crippen LogP contribution in [0.3, 0.4) is 0 Å². The highest BCUT2D eigenvalue weighted by Crippen LogP contribution is 2.25. The molecule has 132 valence electrons. The molecule has 1 N–H and O–H groups in total. The van der Waals surface area contributed by atoms with Crippen molar-refractivity contribution in [1.82, 2.24) is 4.98 Å². The van der Waals surface area contributed by atoms with Crippen LogP contribution < -0.4 is 10.1 Å². The van der Waals surface area contributed by atoms with E-state index in [1.165, 1.54) is 7.11 Å². The molecule has 3 aromatic rings. The van der Waals surface area contributed by atoms with Gasteiger partial charge in [-0.05, 0) is 43.3 Å². The Kier molecular flexibility index (Phi) is 5.12. The lowest BCUT2D eigenvalue weighted by molar-refractivity contribution is -0.118. The molecule has 0 aliphatic heterocycles. The quantitative estimate of drug-likeness (QED) is 0.714. The van der Waals surface area contributed by atoms with E-state index >= 15 is 0 Å². The van der Waals surface area contributed by atoms with Gasteiger partial charge in [0.25, 0.3) is 5.91 Å². The predicted molar refractivity (Wildman–Crippen MR) is 98.4 cm³/mol. The second-order valence-corrected chi connectivity index (χ2v) is 5.68. The number of hydrogen-bond acceptors (Lipinski definition) is 5. The van der Waals surface area contributed by atoms with Crippen LogP contribution in [0.4, 0.5) is 5.69 Å². The number of aromatic nitrogens is 1. The maximum atomic E-state index is 12.3. The van der Waals surface area contributed by atoms with E-state index in [1.807, 2.05) is 25.1 Å². The highest BCUT2D eigenvalue weighted by atomic mass is 16.5. The Balaban J connectivity index is 1.83. The van der Waals surface area contributed by atoms with Gasteiger partial charge in [0.05, 0.1) is 23.9 Å². The van der Waals surface area contributed by atoms with Crippen molar-refractivity contribution < 1.29 is 19.1 Å². The van der Waals surface area contributed by atoms with Crippen molar-refractivity contribution in [3.63, 3.8) is 0 Å². The van der Waals surface area contributed by atoms with Crippen molar-refractivity contribution in [3.05, 3.63) is 65.9 Å². The number of benzene rings is 2. The SMILES string of the molecule is COC(=O)c1ccc2nc(C)cc(NC(=O)COc3ccccc3)c2c1. The Hall–Kier alpha value is -3.41. The van der Waals surface area contributed by atoms with E-state index in [0.717, 1.165) is 5.69 Å². The molecule has 6 nitrogen and oxygen atoms in total. The van der Waals surface area contributed by atoms with Crippen molar-refractivity contribution in [2.24, 2.45) is 0 Å². The van der Waals surface area contributed by atoms with Crippen LogP contribution in [0.15, 0.2) is 54.6 Å². The number of rotatable bonds is 5. The Bertz CT molecular complexity index is 955. The number of carbonyl (C=O) groups is 2. The molecule has 0 fully saturated rings. The van der Waals surface area contributed by atoms with E-state index < -0.39 is 5.97 Å². The molecule has 1 amide bonds. The van der Waals surface area contributed by atoms with E-state index in [0.29, 0.717) is 27.9 Å².